The highest BCUT2D eigenvalue weighted by Gasteiger charge is 2.28. The van der Waals surface area contributed by atoms with Crippen molar-refractivity contribution in [2.45, 2.75) is 38.6 Å². The Bertz CT molecular complexity index is 651. The van der Waals surface area contributed by atoms with Crippen LogP contribution >= 0.6 is 23.2 Å². The quantitative estimate of drug-likeness (QED) is 0.844. The van der Waals surface area contributed by atoms with Crippen molar-refractivity contribution in [3.63, 3.8) is 0 Å². The number of tetrazole rings is 1. The molecule has 0 saturated heterocycles. The van der Waals surface area contributed by atoms with Gasteiger partial charge >= 0.3 is 0 Å². The number of hydrogen-bond acceptors (Lipinski definition) is 4. The van der Waals surface area contributed by atoms with Crippen molar-refractivity contribution in [1.29, 1.82) is 0 Å². The Morgan fingerprint density at radius 2 is 2.14 bits per heavy atom. The van der Waals surface area contributed by atoms with Crippen LogP contribution in [0.5, 0.6) is 0 Å². The molecule has 1 aliphatic carbocycles. The number of benzene rings is 1. The summed E-state index contributed by atoms with van der Waals surface area (Å²) in [4.78, 5) is 0. The highest BCUT2D eigenvalue weighted by Crippen LogP contribution is 2.40. The predicted molar refractivity (Wildman–Crippen MR) is 84.4 cm³/mol. The van der Waals surface area contributed by atoms with Crippen molar-refractivity contribution < 1.29 is 0 Å². The topological polar surface area (TPSA) is 69.6 Å². The Labute approximate surface area is 133 Å². The molecule has 2 N–H and O–H groups in total. The van der Waals surface area contributed by atoms with Gasteiger partial charge in [-0.2, -0.15) is 0 Å². The van der Waals surface area contributed by atoms with Crippen LogP contribution in [0.4, 0.5) is 5.69 Å². The molecule has 0 bridgehead atoms. The smallest absolute Gasteiger partial charge is 0.183 e. The van der Waals surface area contributed by atoms with E-state index >= 15 is 0 Å². The highest BCUT2D eigenvalue weighted by molar-refractivity contribution is 6.43. The van der Waals surface area contributed by atoms with E-state index in [1.54, 1.807) is 12.1 Å². The second-order valence-corrected chi connectivity index (χ2v) is 6.34. The lowest BCUT2D eigenvalue weighted by molar-refractivity contribution is 0.388. The summed E-state index contributed by atoms with van der Waals surface area (Å²) in [5.41, 5.74) is 7.09. The molecule has 21 heavy (non-hydrogen) atoms. The summed E-state index contributed by atoms with van der Waals surface area (Å²) in [5.74, 6) is 1.42. The van der Waals surface area contributed by atoms with E-state index in [2.05, 4.69) is 22.4 Å². The molecule has 1 atom stereocenters. The summed E-state index contributed by atoms with van der Waals surface area (Å²) in [7, 11) is 0. The maximum atomic E-state index is 6.30. The third kappa shape index (κ3) is 2.99. The van der Waals surface area contributed by atoms with Gasteiger partial charge in [0.25, 0.3) is 0 Å². The van der Waals surface area contributed by atoms with Gasteiger partial charge in [-0.3, -0.25) is 0 Å². The van der Waals surface area contributed by atoms with Crippen LogP contribution in [0, 0.1) is 5.92 Å². The van der Waals surface area contributed by atoms with E-state index in [9.17, 15) is 0 Å². The molecule has 5 nitrogen and oxygen atoms in total. The molecule has 0 amide bonds. The zero-order chi connectivity index (χ0) is 15.0. The number of nitrogens with two attached hydrogens (primary N) is 1. The molecule has 1 saturated carbocycles. The second kappa shape index (κ2) is 5.81. The summed E-state index contributed by atoms with van der Waals surface area (Å²) in [6, 6.07) is 3.67. The van der Waals surface area contributed by atoms with Crippen LogP contribution in [0.2, 0.25) is 10.0 Å². The normalized spacial score (nSPS) is 16.1. The van der Waals surface area contributed by atoms with E-state index in [0.29, 0.717) is 27.1 Å². The SMILES string of the molecule is CCC(CC1CC1)n1nnnc1-c1cc(N)cc(Cl)c1Cl. The predicted octanol–water partition coefficient (Wildman–Crippen LogP) is 3.98. The van der Waals surface area contributed by atoms with Crippen molar-refractivity contribution in [3.8, 4) is 11.4 Å². The van der Waals surface area contributed by atoms with Gasteiger partial charge in [-0.25, -0.2) is 4.68 Å². The molecule has 112 valence electrons. The summed E-state index contributed by atoms with van der Waals surface area (Å²) in [6.45, 7) is 2.15. The van der Waals surface area contributed by atoms with Gasteiger partial charge in [0.05, 0.1) is 16.1 Å². The van der Waals surface area contributed by atoms with Gasteiger partial charge in [0.1, 0.15) is 0 Å². The number of nitrogen functional groups attached to an aromatic ring is 1. The first-order valence-electron chi connectivity index (χ1n) is 7.13. The lowest BCUT2D eigenvalue weighted by Gasteiger charge is -2.17. The number of halogens is 2. The first-order valence-corrected chi connectivity index (χ1v) is 7.88. The number of nitrogens with zero attached hydrogens (tertiary/aromatic N) is 4. The van der Waals surface area contributed by atoms with Crippen LogP contribution in [0.1, 0.15) is 38.6 Å². The van der Waals surface area contributed by atoms with E-state index in [1.807, 2.05) is 4.68 Å². The number of aromatic nitrogens is 4. The van der Waals surface area contributed by atoms with Crippen LogP contribution in [-0.4, -0.2) is 20.2 Å². The Morgan fingerprint density at radius 1 is 1.38 bits per heavy atom. The largest absolute Gasteiger partial charge is 0.399 e. The average molecular weight is 326 g/mol. The Hall–Kier alpha value is -1.33. The minimum absolute atomic E-state index is 0.277. The number of anilines is 1. The van der Waals surface area contributed by atoms with Crippen LogP contribution in [0.15, 0.2) is 12.1 Å². The fourth-order valence-corrected chi connectivity index (χ4v) is 2.99. The maximum Gasteiger partial charge on any atom is 0.183 e. The van der Waals surface area contributed by atoms with Gasteiger partial charge in [-0.1, -0.05) is 43.0 Å². The van der Waals surface area contributed by atoms with Gasteiger partial charge in [-0.05, 0) is 41.3 Å². The molecule has 1 fully saturated rings. The van der Waals surface area contributed by atoms with E-state index in [4.69, 9.17) is 28.9 Å². The fourth-order valence-electron chi connectivity index (χ4n) is 2.57. The minimum Gasteiger partial charge on any atom is -0.399 e. The zero-order valence-corrected chi connectivity index (χ0v) is 13.3. The maximum absolute atomic E-state index is 6.30. The third-order valence-electron chi connectivity index (χ3n) is 3.90. The standard InChI is InChI=1S/C14H17Cl2N5/c1-2-10(5-8-3-4-8)21-14(18-19-20-21)11-6-9(17)7-12(15)13(11)16/h6-8,10H,2-5,17H2,1H3. The summed E-state index contributed by atoms with van der Waals surface area (Å²) >= 11 is 12.4. The van der Waals surface area contributed by atoms with E-state index in [0.717, 1.165) is 18.8 Å². The summed E-state index contributed by atoms with van der Waals surface area (Å²) in [6.07, 6.45) is 4.68. The van der Waals surface area contributed by atoms with Crippen molar-refractivity contribution in [2.24, 2.45) is 5.92 Å². The molecule has 2 aromatic rings. The highest BCUT2D eigenvalue weighted by atomic mass is 35.5. The van der Waals surface area contributed by atoms with Crippen molar-refractivity contribution in [1.82, 2.24) is 20.2 Å². The first kappa shape index (κ1) is 14.6. The van der Waals surface area contributed by atoms with Crippen molar-refractivity contribution in [3.05, 3.63) is 22.2 Å². The van der Waals surface area contributed by atoms with Crippen LogP contribution < -0.4 is 5.73 Å². The van der Waals surface area contributed by atoms with Gasteiger partial charge in [-0.15, -0.1) is 5.10 Å². The van der Waals surface area contributed by atoms with Crippen LogP contribution in [0.3, 0.4) is 0 Å². The Morgan fingerprint density at radius 3 is 2.81 bits per heavy atom. The average Bonchev–Trinajstić information content (AvgIpc) is 3.15. The molecule has 1 aromatic heterocycles. The van der Waals surface area contributed by atoms with E-state index in [1.165, 1.54) is 12.8 Å². The fraction of sp³-hybridized carbons (Fsp3) is 0.500. The monoisotopic (exact) mass is 325 g/mol. The van der Waals surface area contributed by atoms with Gasteiger partial charge in [0, 0.05) is 11.3 Å². The van der Waals surface area contributed by atoms with Gasteiger partial charge in [0.15, 0.2) is 5.82 Å². The molecule has 0 spiro atoms. The molecule has 1 aromatic carbocycles. The molecule has 3 rings (SSSR count). The Balaban J connectivity index is 2.01. The molecule has 1 heterocycles. The van der Waals surface area contributed by atoms with Gasteiger partial charge < -0.3 is 5.73 Å². The molecular weight excluding hydrogens is 309 g/mol. The molecular formula is C14H17Cl2N5. The lowest BCUT2D eigenvalue weighted by Crippen LogP contribution is -2.12. The van der Waals surface area contributed by atoms with E-state index in [-0.39, 0.29) is 6.04 Å². The third-order valence-corrected chi connectivity index (χ3v) is 4.71. The summed E-state index contributed by atoms with van der Waals surface area (Å²) < 4.78 is 1.86. The van der Waals surface area contributed by atoms with Gasteiger partial charge in [0.2, 0.25) is 0 Å². The molecule has 1 aliphatic rings. The van der Waals surface area contributed by atoms with Crippen molar-refractivity contribution >= 4 is 28.9 Å². The minimum atomic E-state index is 0.277. The Kier molecular flexibility index (Phi) is 4.04. The van der Waals surface area contributed by atoms with Crippen LogP contribution in [0.25, 0.3) is 11.4 Å². The molecule has 0 aliphatic heterocycles. The molecule has 1 unspecified atom stereocenters. The van der Waals surface area contributed by atoms with Crippen LogP contribution in [-0.2, 0) is 0 Å². The van der Waals surface area contributed by atoms with Crippen molar-refractivity contribution in [2.75, 3.05) is 5.73 Å². The molecule has 7 heteroatoms. The summed E-state index contributed by atoms with van der Waals surface area (Å²) in [5, 5.41) is 13.0. The zero-order valence-electron chi connectivity index (χ0n) is 11.8. The lowest BCUT2D eigenvalue weighted by atomic mass is 10.1. The first-order chi connectivity index (χ1) is 10.1. The molecule has 0 radical (unpaired) electrons. The van der Waals surface area contributed by atoms with E-state index < -0.39 is 0 Å². The number of hydrogen-bond donors (Lipinski definition) is 1. The number of rotatable bonds is 5. The second-order valence-electron chi connectivity index (χ2n) is 5.55.